The number of ether oxygens (including phenoxy) is 1. The van der Waals surface area contributed by atoms with Crippen molar-refractivity contribution in [3.05, 3.63) is 12.2 Å². The molecule has 1 fully saturated rings. The van der Waals surface area contributed by atoms with E-state index in [1.807, 2.05) is 0 Å². The molecule has 7 heteroatoms. The van der Waals surface area contributed by atoms with Crippen molar-refractivity contribution >= 4 is 22.8 Å². The molecule has 1 aliphatic heterocycles. The van der Waals surface area contributed by atoms with E-state index in [2.05, 4.69) is 24.4 Å². The van der Waals surface area contributed by atoms with Crippen LogP contribution in [0.2, 0.25) is 0 Å². The molecule has 114 valence electrons. The van der Waals surface area contributed by atoms with Gasteiger partial charge in [0, 0.05) is 6.54 Å². The first-order valence-electron chi connectivity index (χ1n) is 7.36. The molecular weight excluding hydrogens is 290 g/mol. The van der Waals surface area contributed by atoms with Gasteiger partial charge < -0.3 is 14.2 Å². The van der Waals surface area contributed by atoms with Gasteiger partial charge in [-0.05, 0) is 38.9 Å². The summed E-state index contributed by atoms with van der Waals surface area (Å²) in [6.45, 7) is 4.44. The Morgan fingerprint density at radius 1 is 1.24 bits per heavy atom. The van der Waals surface area contributed by atoms with Crippen LogP contribution in [0.4, 0.5) is 0 Å². The summed E-state index contributed by atoms with van der Waals surface area (Å²) in [6.07, 6.45) is 5.23. The number of halogens is 1. The molecule has 1 saturated heterocycles. The van der Waals surface area contributed by atoms with Crippen molar-refractivity contribution < 1.29 is 4.74 Å². The van der Waals surface area contributed by atoms with E-state index < -0.39 is 0 Å². The fourth-order valence-corrected chi connectivity index (χ4v) is 3.11. The van der Waals surface area contributed by atoms with Crippen molar-refractivity contribution in [2.75, 3.05) is 26.7 Å². The molecule has 0 radical (unpaired) electrons. The van der Waals surface area contributed by atoms with Gasteiger partial charge in [-0.25, -0.2) is 9.97 Å². The molecule has 0 aliphatic carbocycles. The molecule has 1 aliphatic rings. The fourth-order valence-electron chi connectivity index (χ4n) is 2.91. The summed E-state index contributed by atoms with van der Waals surface area (Å²) in [5.41, 5.74) is 1.50. The van der Waals surface area contributed by atoms with Gasteiger partial charge in [0.1, 0.15) is 12.2 Å². The zero-order valence-corrected chi connectivity index (χ0v) is 13.0. The van der Waals surface area contributed by atoms with E-state index in [0.29, 0.717) is 17.3 Å². The van der Waals surface area contributed by atoms with E-state index in [1.54, 1.807) is 7.11 Å². The predicted octanol–water partition coefficient (Wildman–Crippen LogP) is 2.06. The van der Waals surface area contributed by atoms with Crippen molar-refractivity contribution in [2.45, 2.75) is 31.7 Å². The average Bonchev–Trinajstić information content (AvgIpc) is 3.14. The Hall–Kier alpha value is -1.40. The molecule has 0 aromatic carbocycles. The van der Waals surface area contributed by atoms with Crippen LogP contribution in [0.3, 0.4) is 0 Å². The molecule has 0 atom stereocenters. The van der Waals surface area contributed by atoms with E-state index >= 15 is 0 Å². The van der Waals surface area contributed by atoms with Gasteiger partial charge in [0.15, 0.2) is 11.2 Å². The molecule has 0 bridgehead atoms. The zero-order valence-electron chi connectivity index (χ0n) is 12.3. The van der Waals surface area contributed by atoms with Crippen LogP contribution in [0.15, 0.2) is 6.33 Å². The van der Waals surface area contributed by atoms with Gasteiger partial charge >= 0.3 is 0 Å². The summed E-state index contributed by atoms with van der Waals surface area (Å²) < 4.78 is 7.33. The molecule has 3 rings (SSSR count). The molecule has 2 aromatic heterocycles. The number of aryl methyl sites for hydroxylation is 1. The van der Waals surface area contributed by atoms with Crippen molar-refractivity contribution in [1.29, 1.82) is 0 Å². The number of aromatic nitrogens is 4. The lowest BCUT2D eigenvalue weighted by Gasteiger charge is -2.15. The van der Waals surface area contributed by atoms with Crippen molar-refractivity contribution in [1.82, 2.24) is 24.4 Å². The minimum absolute atomic E-state index is 0.364. The van der Waals surface area contributed by atoms with Crippen molar-refractivity contribution in [3.8, 4) is 5.88 Å². The Labute approximate surface area is 129 Å². The van der Waals surface area contributed by atoms with Crippen molar-refractivity contribution in [2.24, 2.45) is 0 Å². The second-order valence-corrected chi connectivity index (χ2v) is 5.54. The molecule has 2 aromatic rings. The van der Waals surface area contributed by atoms with E-state index in [9.17, 15) is 0 Å². The number of hydrogen-bond donors (Lipinski definition) is 0. The normalized spacial score (nSPS) is 15.9. The maximum atomic E-state index is 6.02. The van der Waals surface area contributed by atoms with Gasteiger partial charge in [0.25, 0.3) is 0 Å². The van der Waals surface area contributed by atoms with Gasteiger partial charge in [-0.1, -0.05) is 0 Å². The summed E-state index contributed by atoms with van der Waals surface area (Å²) in [6, 6.07) is 0. The topological polar surface area (TPSA) is 56.1 Å². The first-order valence-corrected chi connectivity index (χ1v) is 7.89. The Kier molecular flexibility index (Phi) is 4.55. The van der Waals surface area contributed by atoms with E-state index in [4.69, 9.17) is 16.3 Å². The molecule has 0 unspecified atom stereocenters. The minimum atomic E-state index is 0.364. The number of hydrogen-bond acceptors (Lipinski definition) is 5. The number of likely N-dealkylation sites (tertiary alicyclic amines) is 1. The van der Waals surface area contributed by atoms with E-state index in [0.717, 1.165) is 31.0 Å². The highest BCUT2D eigenvalue weighted by Gasteiger charge is 2.16. The quantitative estimate of drug-likeness (QED) is 0.765. The largest absolute Gasteiger partial charge is 0.479 e. The molecule has 6 nitrogen and oxygen atoms in total. The summed E-state index contributed by atoms with van der Waals surface area (Å²) in [7, 11) is 1.59. The number of methoxy groups -OCH3 is 1. The molecule has 0 amide bonds. The lowest BCUT2D eigenvalue weighted by Crippen LogP contribution is -2.21. The van der Waals surface area contributed by atoms with E-state index in [1.165, 1.54) is 32.3 Å². The Balaban J connectivity index is 1.79. The van der Waals surface area contributed by atoms with Gasteiger partial charge in [-0.15, -0.1) is 11.6 Å². The summed E-state index contributed by atoms with van der Waals surface area (Å²) in [5.74, 6) is 1.69. The smallest absolute Gasteiger partial charge is 0.245 e. The van der Waals surface area contributed by atoms with Crippen LogP contribution in [-0.2, 0) is 12.4 Å². The number of rotatable bonds is 6. The van der Waals surface area contributed by atoms with Gasteiger partial charge in [-0.2, -0.15) is 4.98 Å². The Morgan fingerprint density at radius 3 is 2.76 bits per heavy atom. The number of alkyl halides is 1. The van der Waals surface area contributed by atoms with Crippen LogP contribution < -0.4 is 4.74 Å². The Bertz CT molecular complexity index is 609. The third-order valence-electron chi connectivity index (χ3n) is 3.95. The van der Waals surface area contributed by atoms with Crippen LogP contribution >= 0.6 is 11.6 Å². The Morgan fingerprint density at radius 2 is 2.05 bits per heavy atom. The maximum absolute atomic E-state index is 6.02. The monoisotopic (exact) mass is 309 g/mol. The lowest BCUT2D eigenvalue weighted by molar-refractivity contribution is 0.325. The number of fused-ring (bicyclic) bond motifs is 1. The standard InChI is InChI=1S/C14H20ClN5O/c1-21-14-12-13(16-10-17-14)20(11(9-15)18-12)8-4-7-19-5-2-3-6-19/h10H,2-9H2,1H3. The van der Waals surface area contributed by atoms with Crippen LogP contribution in [-0.4, -0.2) is 51.2 Å². The lowest BCUT2D eigenvalue weighted by atomic mass is 10.3. The highest BCUT2D eigenvalue weighted by Crippen LogP contribution is 2.22. The third-order valence-corrected chi connectivity index (χ3v) is 4.18. The second kappa shape index (κ2) is 6.58. The summed E-state index contributed by atoms with van der Waals surface area (Å²) >= 11 is 6.02. The predicted molar refractivity (Wildman–Crippen MR) is 81.7 cm³/mol. The number of nitrogens with zero attached hydrogens (tertiary/aromatic N) is 5. The van der Waals surface area contributed by atoms with E-state index in [-0.39, 0.29) is 0 Å². The molecular formula is C14H20ClN5O. The zero-order chi connectivity index (χ0) is 14.7. The molecule has 0 spiro atoms. The van der Waals surface area contributed by atoms with Crippen LogP contribution in [0, 0.1) is 0 Å². The molecule has 21 heavy (non-hydrogen) atoms. The number of imidazole rings is 1. The minimum Gasteiger partial charge on any atom is -0.479 e. The fraction of sp³-hybridized carbons (Fsp3) is 0.643. The first-order chi connectivity index (χ1) is 10.3. The van der Waals surface area contributed by atoms with Crippen LogP contribution in [0.25, 0.3) is 11.2 Å². The summed E-state index contributed by atoms with van der Waals surface area (Å²) in [5, 5.41) is 0. The third kappa shape index (κ3) is 2.96. The summed E-state index contributed by atoms with van der Waals surface area (Å²) in [4.78, 5) is 15.5. The second-order valence-electron chi connectivity index (χ2n) is 5.27. The van der Waals surface area contributed by atoms with Crippen molar-refractivity contribution in [3.63, 3.8) is 0 Å². The maximum Gasteiger partial charge on any atom is 0.245 e. The average molecular weight is 310 g/mol. The van der Waals surface area contributed by atoms with Crippen LogP contribution in [0.5, 0.6) is 5.88 Å². The highest BCUT2D eigenvalue weighted by atomic mass is 35.5. The van der Waals surface area contributed by atoms with Gasteiger partial charge in [0.05, 0.1) is 13.0 Å². The van der Waals surface area contributed by atoms with Crippen LogP contribution in [0.1, 0.15) is 25.1 Å². The first kappa shape index (κ1) is 14.5. The molecule has 0 N–H and O–H groups in total. The highest BCUT2D eigenvalue weighted by molar-refractivity contribution is 6.16. The van der Waals surface area contributed by atoms with Gasteiger partial charge in [0.2, 0.25) is 5.88 Å². The molecule has 3 heterocycles. The molecule has 0 saturated carbocycles. The SMILES string of the molecule is COc1ncnc2c1nc(CCl)n2CCCN1CCCC1. The van der Waals surface area contributed by atoms with Gasteiger partial charge in [-0.3, -0.25) is 0 Å².